The molecule has 1 atom stereocenters. The molecule has 0 radical (unpaired) electrons. The SMILES string of the molecule is OCCCCC(Cl)(CO)CCl. The van der Waals surface area contributed by atoms with Gasteiger partial charge in [-0.3, -0.25) is 0 Å². The quantitative estimate of drug-likeness (QED) is 0.503. The Morgan fingerprint density at radius 1 is 1.18 bits per heavy atom. The Morgan fingerprint density at radius 3 is 2.18 bits per heavy atom. The molecule has 2 nitrogen and oxygen atoms in total. The summed E-state index contributed by atoms with van der Waals surface area (Å²) in [5.41, 5.74) is 0. The lowest BCUT2D eigenvalue weighted by Crippen LogP contribution is -2.28. The molecule has 0 fully saturated rings. The fraction of sp³-hybridized carbons (Fsp3) is 1.00. The van der Waals surface area contributed by atoms with Gasteiger partial charge in [0.25, 0.3) is 0 Å². The molecule has 2 N–H and O–H groups in total. The summed E-state index contributed by atoms with van der Waals surface area (Å²) >= 11 is 11.4. The van der Waals surface area contributed by atoms with Gasteiger partial charge < -0.3 is 10.2 Å². The van der Waals surface area contributed by atoms with Crippen LogP contribution in [0.2, 0.25) is 0 Å². The van der Waals surface area contributed by atoms with Crippen LogP contribution < -0.4 is 0 Å². The van der Waals surface area contributed by atoms with Crippen LogP contribution >= 0.6 is 23.2 Å². The van der Waals surface area contributed by atoms with Crippen molar-refractivity contribution < 1.29 is 10.2 Å². The monoisotopic (exact) mass is 200 g/mol. The van der Waals surface area contributed by atoms with E-state index in [2.05, 4.69) is 0 Å². The van der Waals surface area contributed by atoms with Gasteiger partial charge in [0, 0.05) is 12.5 Å². The van der Waals surface area contributed by atoms with E-state index in [0.29, 0.717) is 12.8 Å². The lowest BCUT2D eigenvalue weighted by molar-refractivity contribution is 0.236. The summed E-state index contributed by atoms with van der Waals surface area (Å²) in [6, 6.07) is 0. The van der Waals surface area contributed by atoms with Crippen LogP contribution in [0.15, 0.2) is 0 Å². The predicted octanol–water partition coefficient (Wildman–Crippen LogP) is 1.36. The summed E-state index contributed by atoms with van der Waals surface area (Å²) in [4.78, 5) is -0.684. The number of aliphatic hydroxyl groups is 2. The van der Waals surface area contributed by atoms with Crippen LogP contribution in [0.4, 0.5) is 0 Å². The number of unbranched alkanes of at least 4 members (excludes halogenated alkanes) is 1. The number of hydrogen-bond donors (Lipinski definition) is 2. The lowest BCUT2D eigenvalue weighted by atomic mass is 10.0. The highest BCUT2D eigenvalue weighted by molar-refractivity contribution is 6.30. The zero-order valence-electron chi connectivity index (χ0n) is 6.39. The second kappa shape index (κ2) is 6.06. The number of hydrogen-bond acceptors (Lipinski definition) is 2. The maximum atomic E-state index is 8.81. The van der Waals surface area contributed by atoms with Crippen molar-refractivity contribution >= 4 is 23.2 Å². The van der Waals surface area contributed by atoms with Gasteiger partial charge in [0.15, 0.2) is 0 Å². The van der Waals surface area contributed by atoms with Crippen molar-refractivity contribution in [1.82, 2.24) is 0 Å². The minimum Gasteiger partial charge on any atom is -0.396 e. The van der Waals surface area contributed by atoms with Gasteiger partial charge in [0.05, 0.1) is 11.5 Å². The van der Waals surface area contributed by atoms with Crippen molar-refractivity contribution in [3.05, 3.63) is 0 Å². The van der Waals surface area contributed by atoms with Gasteiger partial charge in [-0.1, -0.05) is 0 Å². The van der Waals surface area contributed by atoms with Gasteiger partial charge >= 0.3 is 0 Å². The molecule has 0 heterocycles. The first-order valence-electron chi connectivity index (χ1n) is 3.65. The van der Waals surface area contributed by atoms with E-state index in [-0.39, 0.29) is 19.1 Å². The first-order chi connectivity index (χ1) is 5.18. The highest BCUT2D eigenvalue weighted by Gasteiger charge is 2.24. The van der Waals surface area contributed by atoms with Crippen molar-refractivity contribution in [2.75, 3.05) is 19.1 Å². The minimum absolute atomic E-state index is 0.108. The maximum Gasteiger partial charge on any atom is 0.0811 e. The third kappa shape index (κ3) is 4.86. The topological polar surface area (TPSA) is 40.5 Å². The van der Waals surface area contributed by atoms with E-state index in [4.69, 9.17) is 33.4 Å². The molecule has 0 aromatic rings. The van der Waals surface area contributed by atoms with E-state index < -0.39 is 4.87 Å². The molecule has 0 rings (SSSR count). The van der Waals surface area contributed by atoms with Crippen LogP contribution in [0.25, 0.3) is 0 Å². The van der Waals surface area contributed by atoms with E-state index in [0.717, 1.165) is 6.42 Å². The standard InChI is InChI=1S/C7H14Cl2O2/c8-5-7(9,6-11)3-1-2-4-10/h10-11H,1-6H2. The number of halogens is 2. The Balaban J connectivity index is 3.51. The van der Waals surface area contributed by atoms with Gasteiger partial charge in [0.1, 0.15) is 0 Å². The largest absolute Gasteiger partial charge is 0.396 e. The third-order valence-electron chi connectivity index (χ3n) is 1.56. The fourth-order valence-corrected chi connectivity index (χ4v) is 1.09. The van der Waals surface area contributed by atoms with Crippen molar-refractivity contribution in [2.24, 2.45) is 0 Å². The summed E-state index contributed by atoms with van der Waals surface area (Å²) in [6.45, 7) is 0.0597. The van der Waals surface area contributed by atoms with Gasteiger partial charge in [-0.25, -0.2) is 0 Å². The maximum absolute atomic E-state index is 8.81. The normalized spacial score (nSPS) is 16.4. The summed E-state index contributed by atoms with van der Waals surface area (Å²) in [6.07, 6.45) is 2.16. The fourth-order valence-electron chi connectivity index (χ4n) is 0.742. The molecule has 0 amide bonds. The molecule has 0 spiro atoms. The van der Waals surface area contributed by atoms with Crippen molar-refractivity contribution in [2.45, 2.75) is 24.1 Å². The number of rotatable bonds is 6. The second-order valence-electron chi connectivity index (χ2n) is 2.62. The summed E-state index contributed by atoms with van der Waals surface area (Å²) in [5, 5.41) is 17.3. The van der Waals surface area contributed by atoms with E-state index >= 15 is 0 Å². The second-order valence-corrected chi connectivity index (χ2v) is 3.69. The predicted molar refractivity (Wildman–Crippen MR) is 47.3 cm³/mol. The third-order valence-corrected chi connectivity index (χ3v) is 2.65. The Kier molecular flexibility index (Phi) is 6.34. The van der Waals surface area contributed by atoms with Crippen LogP contribution in [-0.4, -0.2) is 34.2 Å². The Hall–Kier alpha value is 0.500. The van der Waals surface area contributed by atoms with Crippen LogP contribution in [0.1, 0.15) is 19.3 Å². The average Bonchev–Trinajstić information content (AvgIpc) is 2.05. The van der Waals surface area contributed by atoms with Gasteiger partial charge in [-0.2, -0.15) is 0 Å². The molecule has 0 saturated carbocycles. The molecule has 11 heavy (non-hydrogen) atoms. The molecule has 0 aromatic carbocycles. The van der Waals surface area contributed by atoms with Gasteiger partial charge in [-0.05, 0) is 19.3 Å². The van der Waals surface area contributed by atoms with E-state index in [9.17, 15) is 0 Å². The van der Waals surface area contributed by atoms with Crippen molar-refractivity contribution in [3.63, 3.8) is 0 Å². The molecule has 0 aromatic heterocycles. The molecular weight excluding hydrogens is 187 g/mol. The molecule has 0 saturated heterocycles. The van der Waals surface area contributed by atoms with Crippen LogP contribution in [-0.2, 0) is 0 Å². The van der Waals surface area contributed by atoms with E-state index in [1.807, 2.05) is 0 Å². The van der Waals surface area contributed by atoms with Crippen LogP contribution in [0.3, 0.4) is 0 Å². The molecule has 68 valence electrons. The smallest absolute Gasteiger partial charge is 0.0811 e. The Labute approximate surface area is 77.1 Å². The molecular formula is C7H14Cl2O2. The Morgan fingerprint density at radius 2 is 1.82 bits per heavy atom. The number of alkyl halides is 2. The summed E-state index contributed by atoms with van der Waals surface area (Å²) in [7, 11) is 0. The van der Waals surface area contributed by atoms with Crippen LogP contribution in [0.5, 0.6) is 0 Å². The molecule has 0 bridgehead atoms. The van der Waals surface area contributed by atoms with E-state index in [1.165, 1.54) is 0 Å². The van der Waals surface area contributed by atoms with Gasteiger partial charge in [0.2, 0.25) is 0 Å². The zero-order valence-corrected chi connectivity index (χ0v) is 7.90. The summed E-state index contributed by atoms with van der Waals surface area (Å²) in [5.74, 6) is 0.247. The summed E-state index contributed by atoms with van der Waals surface area (Å²) < 4.78 is 0. The van der Waals surface area contributed by atoms with E-state index in [1.54, 1.807) is 0 Å². The average molecular weight is 201 g/mol. The van der Waals surface area contributed by atoms with Crippen molar-refractivity contribution in [3.8, 4) is 0 Å². The lowest BCUT2D eigenvalue weighted by Gasteiger charge is -2.20. The molecule has 0 aliphatic carbocycles. The Bertz CT molecular complexity index is 94.4. The first-order valence-corrected chi connectivity index (χ1v) is 4.56. The molecule has 1 unspecified atom stereocenters. The van der Waals surface area contributed by atoms with Crippen molar-refractivity contribution in [1.29, 1.82) is 0 Å². The van der Waals surface area contributed by atoms with Crippen LogP contribution in [0, 0.1) is 0 Å². The first kappa shape index (κ1) is 11.5. The molecule has 0 aliphatic heterocycles. The molecule has 0 aliphatic rings. The van der Waals surface area contributed by atoms with Gasteiger partial charge in [-0.15, -0.1) is 23.2 Å². The highest BCUT2D eigenvalue weighted by atomic mass is 35.5. The highest BCUT2D eigenvalue weighted by Crippen LogP contribution is 2.23. The molecule has 4 heteroatoms. The zero-order chi connectivity index (χ0) is 8.74. The number of aliphatic hydroxyl groups excluding tert-OH is 2. The minimum atomic E-state index is -0.684.